The number of unbranched alkanes of at least 4 members (excludes halogenated alkanes) is 22. The minimum absolute atomic E-state index is 0.0576. The maximum Gasteiger partial charge on any atom is 0.237 e. The lowest BCUT2D eigenvalue weighted by atomic mass is 10.0. The van der Waals surface area contributed by atoms with Crippen LogP contribution < -0.4 is 27.9 Å². The molecule has 0 fully saturated rings. The van der Waals surface area contributed by atoms with Gasteiger partial charge in [0.25, 0.3) is 0 Å². The predicted octanol–water partition coefficient (Wildman–Crippen LogP) is 10.3. The van der Waals surface area contributed by atoms with Crippen LogP contribution in [-0.2, 0) is 16.0 Å². The number of H-pyrrole nitrogens is 1. The summed E-state index contributed by atoms with van der Waals surface area (Å²) in [4.78, 5) is 29.1. The van der Waals surface area contributed by atoms with Crippen LogP contribution in [0.3, 0.4) is 0 Å². The molecule has 1 aromatic carbocycles. The van der Waals surface area contributed by atoms with Crippen LogP contribution in [0.25, 0.3) is 10.9 Å². The summed E-state index contributed by atoms with van der Waals surface area (Å²) in [6.45, 7) is 4.71. The zero-order valence-corrected chi connectivity index (χ0v) is 38.0. The van der Waals surface area contributed by atoms with Gasteiger partial charge in [0.05, 0.1) is 31.3 Å². The van der Waals surface area contributed by atoms with Crippen molar-refractivity contribution in [2.75, 3.05) is 13.1 Å². The number of fused-ring (bicyclic) bond motifs is 1. The standard InChI is InChI=1S/C50H87N7O3/c1-3-5-7-9-11-13-15-17-18-20-22-24-26-28-30-36-49(59)56-47(48(58)35-29-27-25-23-21-19-16-14-12-10-8-6-4-2)41-57(53)40-43(51)39-55-50(60)45(52)37-42-38-54-46-34-32-31-33-44(42)46/h17-18,29,31-35,38,40,45,47-48,54,58H,3-16,19-28,30,36-37,39,41,51-53H2,1-2H3,(H,55,60)(H,56,59)/b18-17-,35-29+,43-40-/t45?,47-,48+/m0/s1. The van der Waals surface area contributed by atoms with Crippen molar-refractivity contribution in [3.63, 3.8) is 0 Å². The molecule has 1 heterocycles. The normalized spacial score (nSPS) is 13.7. The highest BCUT2D eigenvalue weighted by Gasteiger charge is 2.21. The fourth-order valence-corrected chi connectivity index (χ4v) is 7.66. The minimum atomic E-state index is -0.918. The van der Waals surface area contributed by atoms with E-state index in [0.29, 0.717) is 18.5 Å². The van der Waals surface area contributed by atoms with E-state index in [1.807, 2.05) is 36.5 Å². The van der Waals surface area contributed by atoms with Gasteiger partial charge in [-0.3, -0.25) is 9.59 Å². The average Bonchev–Trinajstić information content (AvgIpc) is 3.64. The number of amides is 2. The Balaban J connectivity index is 1.78. The van der Waals surface area contributed by atoms with Crippen LogP contribution in [0, 0.1) is 0 Å². The topological polar surface area (TPSA) is 176 Å². The Labute approximate surface area is 365 Å². The van der Waals surface area contributed by atoms with Crippen LogP contribution >= 0.6 is 0 Å². The molecule has 0 aliphatic carbocycles. The number of rotatable bonds is 38. The number of aromatic nitrogens is 1. The third-order valence-electron chi connectivity index (χ3n) is 11.4. The van der Waals surface area contributed by atoms with E-state index in [4.69, 9.17) is 17.3 Å². The Morgan fingerprint density at radius 3 is 1.85 bits per heavy atom. The average molecular weight is 834 g/mol. The maximum absolute atomic E-state index is 13.1. The molecule has 0 aliphatic rings. The largest absolute Gasteiger partial charge is 0.399 e. The highest BCUT2D eigenvalue weighted by molar-refractivity contribution is 5.86. The second-order valence-corrected chi connectivity index (χ2v) is 17.0. The molecule has 10 nitrogen and oxygen atoms in total. The number of aliphatic hydroxyl groups excluding tert-OH is 1. The molecule has 2 amide bonds. The number of nitrogens with two attached hydrogens (primary N) is 3. The molecule has 1 aromatic heterocycles. The predicted molar refractivity (Wildman–Crippen MR) is 254 cm³/mol. The van der Waals surface area contributed by atoms with Crippen molar-refractivity contribution in [1.29, 1.82) is 0 Å². The molecule has 1 unspecified atom stereocenters. The maximum atomic E-state index is 13.1. The highest BCUT2D eigenvalue weighted by Crippen LogP contribution is 2.19. The highest BCUT2D eigenvalue weighted by atomic mass is 16.3. The van der Waals surface area contributed by atoms with Crippen LogP contribution in [0.2, 0.25) is 0 Å². The molecular weight excluding hydrogens is 747 g/mol. The molecule has 2 rings (SSSR count). The SMILES string of the molecule is CCCCCCCC/C=C\CCCCCCCC(=O)N[C@@H](CN(N)/C=C(\N)CNC(=O)C(N)Cc1c[nH]c2ccccc12)[C@H](O)/C=C/CCCCCCCCCCCCC. The second-order valence-electron chi connectivity index (χ2n) is 17.0. The number of aromatic amines is 1. The Morgan fingerprint density at radius 2 is 1.27 bits per heavy atom. The molecule has 2 aromatic rings. The Hall–Kier alpha value is -3.60. The lowest BCUT2D eigenvalue weighted by Gasteiger charge is -2.27. The summed E-state index contributed by atoms with van der Waals surface area (Å²) in [5.41, 5.74) is 14.8. The number of carbonyl (C=O) groups excluding carboxylic acids is 2. The van der Waals surface area contributed by atoms with Crippen LogP contribution in [0.15, 0.2) is 66.7 Å². The lowest BCUT2D eigenvalue weighted by Crippen LogP contribution is -2.50. The van der Waals surface area contributed by atoms with Gasteiger partial charge in [0.2, 0.25) is 11.8 Å². The molecule has 0 saturated carbocycles. The number of hydrogen-bond donors (Lipinski definition) is 7. The minimum Gasteiger partial charge on any atom is -0.399 e. The first-order valence-corrected chi connectivity index (χ1v) is 24.1. The number of nitrogens with one attached hydrogen (secondary N) is 3. The van der Waals surface area contributed by atoms with Crippen molar-refractivity contribution in [3.05, 3.63) is 72.2 Å². The molecule has 0 aliphatic heterocycles. The number of para-hydroxylation sites is 1. The van der Waals surface area contributed by atoms with Gasteiger partial charge in [-0.05, 0) is 63.0 Å². The van der Waals surface area contributed by atoms with Crippen molar-refractivity contribution in [3.8, 4) is 0 Å². The smallest absolute Gasteiger partial charge is 0.237 e. The lowest BCUT2D eigenvalue weighted by molar-refractivity contribution is -0.123. The van der Waals surface area contributed by atoms with Gasteiger partial charge in [-0.1, -0.05) is 172 Å². The molecule has 0 saturated heterocycles. The summed E-state index contributed by atoms with van der Waals surface area (Å²) in [6.07, 6.45) is 42.4. The van der Waals surface area contributed by atoms with Gasteiger partial charge < -0.3 is 37.2 Å². The summed E-state index contributed by atoms with van der Waals surface area (Å²) in [7, 11) is 0. The van der Waals surface area contributed by atoms with Gasteiger partial charge in [-0.2, -0.15) is 0 Å². The van der Waals surface area contributed by atoms with Crippen molar-refractivity contribution in [2.45, 2.75) is 205 Å². The molecule has 10 heteroatoms. The summed E-state index contributed by atoms with van der Waals surface area (Å²) in [5, 5.41) is 19.5. The number of hydrogen-bond acceptors (Lipinski definition) is 7. The second kappa shape index (κ2) is 35.0. The van der Waals surface area contributed by atoms with E-state index in [2.05, 4.69) is 41.6 Å². The number of benzene rings is 1. The van der Waals surface area contributed by atoms with Crippen molar-refractivity contribution in [2.24, 2.45) is 17.3 Å². The van der Waals surface area contributed by atoms with Crippen LogP contribution in [-0.4, -0.2) is 58.2 Å². The van der Waals surface area contributed by atoms with Crippen LogP contribution in [0.5, 0.6) is 0 Å². The van der Waals surface area contributed by atoms with E-state index < -0.39 is 18.2 Å². The first kappa shape index (κ1) is 52.5. The number of nitrogens with zero attached hydrogens (tertiary/aromatic N) is 1. The van der Waals surface area contributed by atoms with Gasteiger partial charge >= 0.3 is 0 Å². The van der Waals surface area contributed by atoms with Crippen molar-refractivity contribution >= 4 is 22.7 Å². The number of carbonyl (C=O) groups is 2. The van der Waals surface area contributed by atoms with Gasteiger partial charge in [-0.25, -0.2) is 5.84 Å². The van der Waals surface area contributed by atoms with E-state index in [9.17, 15) is 14.7 Å². The molecule has 10 N–H and O–H groups in total. The summed E-state index contributed by atoms with van der Waals surface area (Å²) >= 11 is 0. The van der Waals surface area contributed by atoms with Gasteiger partial charge in [0.1, 0.15) is 0 Å². The number of allylic oxidation sites excluding steroid dienone is 3. The molecule has 60 heavy (non-hydrogen) atoms. The van der Waals surface area contributed by atoms with E-state index in [-0.39, 0.29) is 24.9 Å². The fraction of sp³-hybridized carbons (Fsp3) is 0.680. The zero-order valence-electron chi connectivity index (χ0n) is 38.0. The number of aliphatic hydroxyl groups is 1. The number of hydrazine groups is 1. The first-order valence-electron chi connectivity index (χ1n) is 24.1. The van der Waals surface area contributed by atoms with Crippen LogP contribution in [0.1, 0.15) is 186 Å². The van der Waals surface area contributed by atoms with E-state index in [1.54, 1.807) is 6.08 Å². The zero-order chi connectivity index (χ0) is 43.5. The summed E-state index contributed by atoms with van der Waals surface area (Å²) < 4.78 is 0. The van der Waals surface area contributed by atoms with E-state index >= 15 is 0 Å². The molecular formula is C50H87N7O3. The summed E-state index contributed by atoms with van der Waals surface area (Å²) in [6, 6.07) is 6.52. The van der Waals surface area contributed by atoms with Crippen molar-refractivity contribution < 1.29 is 14.7 Å². The fourth-order valence-electron chi connectivity index (χ4n) is 7.66. The molecule has 0 radical (unpaired) electrons. The first-order chi connectivity index (χ1) is 29.2. The van der Waals surface area contributed by atoms with Crippen LogP contribution in [0.4, 0.5) is 0 Å². The molecule has 0 spiro atoms. The van der Waals surface area contributed by atoms with E-state index in [1.165, 1.54) is 133 Å². The molecule has 0 bridgehead atoms. The van der Waals surface area contributed by atoms with Gasteiger partial charge in [-0.15, -0.1) is 0 Å². The monoisotopic (exact) mass is 834 g/mol. The molecule has 3 atom stereocenters. The van der Waals surface area contributed by atoms with Crippen molar-refractivity contribution in [1.82, 2.24) is 20.6 Å². The Kier molecular flexibility index (Phi) is 30.7. The molecule has 340 valence electrons. The van der Waals surface area contributed by atoms with Gasteiger partial charge in [0.15, 0.2) is 0 Å². The van der Waals surface area contributed by atoms with E-state index in [0.717, 1.165) is 55.0 Å². The quantitative estimate of drug-likeness (QED) is 0.0152. The Morgan fingerprint density at radius 1 is 0.750 bits per heavy atom. The third-order valence-corrected chi connectivity index (χ3v) is 11.4. The Bertz CT molecular complexity index is 1470. The summed E-state index contributed by atoms with van der Waals surface area (Å²) in [5.74, 6) is 5.93. The van der Waals surface area contributed by atoms with Gasteiger partial charge in [0, 0.05) is 35.4 Å². The third kappa shape index (κ3) is 25.9.